The van der Waals surface area contributed by atoms with Gasteiger partial charge < -0.3 is 15.0 Å². The Morgan fingerprint density at radius 1 is 1.40 bits per heavy atom. The molecule has 0 bridgehead atoms. The van der Waals surface area contributed by atoms with Crippen LogP contribution in [0.2, 0.25) is 5.02 Å². The van der Waals surface area contributed by atoms with Gasteiger partial charge in [-0.3, -0.25) is 4.68 Å². The molecular weight excluding hydrogens is 280 g/mol. The standard InChI is InChI=1S/C12H13ClN6O/c1-6-8(5-15-19(6)2)16-12-17-10-9(7(13)4-14-10)11(18-12)20-3/h4-5H,1-3H3,(H2,14,16,17,18). The average molecular weight is 293 g/mol. The van der Waals surface area contributed by atoms with Gasteiger partial charge >= 0.3 is 0 Å². The maximum absolute atomic E-state index is 6.07. The molecule has 0 aliphatic carbocycles. The Hall–Kier alpha value is -2.28. The number of halogens is 1. The van der Waals surface area contributed by atoms with E-state index in [2.05, 4.69) is 25.4 Å². The van der Waals surface area contributed by atoms with Gasteiger partial charge in [0.15, 0.2) is 0 Å². The lowest BCUT2D eigenvalue weighted by molar-refractivity contribution is 0.403. The van der Waals surface area contributed by atoms with Crippen LogP contribution in [-0.4, -0.2) is 31.8 Å². The Morgan fingerprint density at radius 3 is 2.85 bits per heavy atom. The van der Waals surface area contributed by atoms with Gasteiger partial charge in [0.2, 0.25) is 11.8 Å². The van der Waals surface area contributed by atoms with Crippen molar-refractivity contribution < 1.29 is 4.74 Å². The Kier molecular flexibility index (Phi) is 2.98. The van der Waals surface area contributed by atoms with Crippen molar-refractivity contribution in [1.82, 2.24) is 24.7 Å². The second-order valence-corrected chi connectivity index (χ2v) is 4.72. The highest BCUT2D eigenvalue weighted by molar-refractivity contribution is 6.35. The van der Waals surface area contributed by atoms with Crippen molar-refractivity contribution in [3.8, 4) is 5.88 Å². The lowest BCUT2D eigenvalue weighted by atomic mass is 10.4. The van der Waals surface area contributed by atoms with Crippen LogP contribution in [-0.2, 0) is 7.05 Å². The van der Waals surface area contributed by atoms with Crippen LogP contribution in [0.5, 0.6) is 5.88 Å². The quantitative estimate of drug-likeness (QED) is 0.775. The number of hydrogen-bond donors (Lipinski definition) is 2. The van der Waals surface area contributed by atoms with Gasteiger partial charge in [-0.1, -0.05) is 11.6 Å². The van der Waals surface area contributed by atoms with Crippen molar-refractivity contribution >= 4 is 34.3 Å². The minimum absolute atomic E-state index is 0.420. The summed E-state index contributed by atoms with van der Waals surface area (Å²) < 4.78 is 7.03. The summed E-state index contributed by atoms with van der Waals surface area (Å²) in [5.74, 6) is 0.842. The van der Waals surface area contributed by atoms with Crippen molar-refractivity contribution in [2.24, 2.45) is 7.05 Å². The third-order valence-corrected chi connectivity index (χ3v) is 3.42. The van der Waals surface area contributed by atoms with Gasteiger partial charge in [0.05, 0.1) is 35.1 Å². The van der Waals surface area contributed by atoms with Crippen LogP contribution >= 0.6 is 11.6 Å². The monoisotopic (exact) mass is 292 g/mol. The summed E-state index contributed by atoms with van der Waals surface area (Å²) in [5.41, 5.74) is 2.44. The molecule has 2 N–H and O–H groups in total. The maximum atomic E-state index is 6.07. The van der Waals surface area contributed by atoms with Crippen molar-refractivity contribution in [1.29, 1.82) is 0 Å². The Balaban J connectivity index is 2.06. The van der Waals surface area contributed by atoms with Crippen LogP contribution in [0, 0.1) is 6.92 Å². The summed E-state index contributed by atoms with van der Waals surface area (Å²) in [6, 6.07) is 0. The Morgan fingerprint density at radius 2 is 2.20 bits per heavy atom. The van der Waals surface area contributed by atoms with Gasteiger partial charge in [0.25, 0.3) is 0 Å². The SMILES string of the molecule is COc1nc(Nc2cnn(C)c2C)nc2[nH]cc(Cl)c12. The van der Waals surface area contributed by atoms with E-state index in [0.29, 0.717) is 27.9 Å². The van der Waals surface area contributed by atoms with Crippen LogP contribution in [0.1, 0.15) is 5.69 Å². The third kappa shape index (κ3) is 1.96. The molecule has 3 aromatic heterocycles. The minimum Gasteiger partial charge on any atom is -0.480 e. The largest absolute Gasteiger partial charge is 0.480 e. The van der Waals surface area contributed by atoms with E-state index in [4.69, 9.17) is 16.3 Å². The van der Waals surface area contributed by atoms with E-state index in [9.17, 15) is 0 Å². The summed E-state index contributed by atoms with van der Waals surface area (Å²) in [4.78, 5) is 11.7. The van der Waals surface area contributed by atoms with Gasteiger partial charge in [-0.05, 0) is 6.92 Å². The summed E-state index contributed by atoms with van der Waals surface area (Å²) in [5, 5.41) is 8.48. The molecule has 8 heteroatoms. The van der Waals surface area contributed by atoms with E-state index in [1.807, 2.05) is 14.0 Å². The molecule has 0 radical (unpaired) electrons. The summed E-state index contributed by atoms with van der Waals surface area (Å²) in [7, 11) is 3.42. The lowest BCUT2D eigenvalue weighted by Gasteiger charge is -2.07. The average Bonchev–Trinajstić information content (AvgIpc) is 2.96. The number of nitrogens with zero attached hydrogens (tertiary/aromatic N) is 4. The zero-order chi connectivity index (χ0) is 14.3. The minimum atomic E-state index is 0.420. The molecule has 7 nitrogen and oxygen atoms in total. The van der Waals surface area contributed by atoms with Crippen LogP contribution in [0.4, 0.5) is 11.6 Å². The van der Waals surface area contributed by atoms with Crippen molar-refractivity contribution in [3.63, 3.8) is 0 Å². The van der Waals surface area contributed by atoms with Crippen molar-refractivity contribution in [2.75, 3.05) is 12.4 Å². The number of methoxy groups -OCH3 is 1. The molecule has 20 heavy (non-hydrogen) atoms. The number of aromatic nitrogens is 5. The van der Waals surface area contributed by atoms with Crippen LogP contribution in [0.15, 0.2) is 12.4 Å². The summed E-state index contributed by atoms with van der Waals surface area (Å²) >= 11 is 6.07. The molecule has 3 rings (SSSR count). The van der Waals surface area contributed by atoms with E-state index < -0.39 is 0 Å². The fourth-order valence-electron chi connectivity index (χ4n) is 1.91. The molecule has 0 aromatic carbocycles. The zero-order valence-corrected chi connectivity index (χ0v) is 12.0. The van der Waals surface area contributed by atoms with Crippen LogP contribution < -0.4 is 10.1 Å². The first-order valence-electron chi connectivity index (χ1n) is 5.94. The molecule has 0 saturated carbocycles. The number of nitrogens with one attached hydrogen (secondary N) is 2. The normalized spacial score (nSPS) is 11.0. The number of ether oxygens (including phenoxy) is 1. The van der Waals surface area contributed by atoms with Gasteiger partial charge in [0, 0.05) is 13.2 Å². The molecule has 0 fully saturated rings. The number of aromatic amines is 1. The van der Waals surface area contributed by atoms with Gasteiger partial charge in [-0.2, -0.15) is 15.1 Å². The van der Waals surface area contributed by atoms with Gasteiger partial charge in [-0.15, -0.1) is 0 Å². The fraction of sp³-hybridized carbons (Fsp3) is 0.250. The number of hydrogen-bond acceptors (Lipinski definition) is 5. The molecule has 0 aliphatic rings. The predicted molar refractivity (Wildman–Crippen MR) is 76.7 cm³/mol. The molecule has 3 aromatic rings. The number of aryl methyl sites for hydroxylation is 1. The van der Waals surface area contributed by atoms with E-state index in [1.165, 1.54) is 0 Å². The number of fused-ring (bicyclic) bond motifs is 1. The number of rotatable bonds is 3. The first-order chi connectivity index (χ1) is 9.60. The van der Waals surface area contributed by atoms with Gasteiger partial charge in [0.1, 0.15) is 5.65 Å². The third-order valence-electron chi connectivity index (χ3n) is 3.13. The summed E-state index contributed by atoms with van der Waals surface area (Å²) in [6.45, 7) is 1.95. The molecule has 3 heterocycles. The Bertz CT molecular complexity index is 778. The summed E-state index contributed by atoms with van der Waals surface area (Å²) in [6.07, 6.45) is 3.37. The molecular formula is C12H13ClN6O. The molecule has 0 atom stereocenters. The predicted octanol–water partition coefficient (Wildman–Crippen LogP) is 2.41. The van der Waals surface area contributed by atoms with Crippen LogP contribution in [0.3, 0.4) is 0 Å². The first-order valence-corrected chi connectivity index (χ1v) is 6.32. The number of H-pyrrole nitrogens is 1. The molecule has 0 spiro atoms. The number of anilines is 2. The smallest absolute Gasteiger partial charge is 0.232 e. The molecule has 0 saturated heterocycles. The van der Waals surface area contributed by atoms with Crippen LogP contribution in [0.25, 0.3) is 11.0 Å². The van der Waals surface area contributed by atoms with E-state index in [0.717, 1.165) is 11.4 Å². The Labute approximate surface area is 119 Å². The lowest BCUT2D eigenvalue weighted by Crippen LogP contribution is -2.01. The fourth-order valence-corrected chi connectivity index (χ4v) is 2.13. The topological polar surface area (TPSA) is 80.7 Å². The zero-order valence-electron chi connectivity index (χ0n) is 11.2. The molecule has 0 amide bonds. The van der Waals surface area contributed by atoms with E-state index >= 15 is 0 Å². The van der Waals surface area contributed by atoms with E-state index in [1.54, 1.807) is 24.2 Å². The molecule has 104 valence electrons. The van der Waals surface area contributed by atoms with Gasteiger partial charge in [-0.25, -0.2) is 0 Å². The molecule has 0 aliphatic heterocycles. The maximum Gasteiger partial charge on any atom is 0.232 e. The second-order valence-electron chi connectivity index (χ2n) is 4.31. The molecule has 0 unspecified atom stereocenters. The first kappa shape index (κ1) is 12.7. The highest BCUT2D eigenvalue weighted by Crippen LogP contribution is 2.31. The highest BCUT2D eigenvalue weighted by atomic mass is 35.5. The second kappa shape index (κ2) is 4.68. The van der Waals surface area contributed by atoms with Crippen molar-refractivity contribution in [3.05, 3.63) is 23.1 Å². The van der Waals surface area contributed by atoms with E-state index in [-0.39, 0.29) is 0 Å². The highest BCUT2D eigenvalue weighted by Gasteiger charge is 2.14. The van der Waals surface area contributed by atoms with Crippen molar-refractivity contribution in [2.45, 2.75) is 6.92 Å².